The van der Waals surface area contributed by atoms with Crippen molar-refractivity contribution in [2.75, 3.05) is 5.73 Å². The molecule has 5 atom stereocenters. The van der Waals surface area contributed by atoms with E-state index in [9.17, 15) is 18.8 Å². The van der Waals surface area contributed by atoms with Gasteiger partial charge in [0.2, 0.25) is 5.95 Å². The van der Waals surface area contributed by atoms with Crippen LogP contribution in [-0.2, 0) is 22.9 Å². The van der Waals surface area contributed by atoms with E-state index in [1.165, 1.54) is 24.7 Å². The predicted molar refractivity (Wildman–Crippen MR) is 93.2 cm³/mol. The Balaban J connectivity index is 1.93. The first kappa shape index (κ1) is 20.2. The van der Waals surface area contributed by atoms with Crippen molar-refractivity contribution >= 4 is 32.8 Å². The highest BCUT2D eigenvalue weighted by atomic mass is 31.2. The van der Waals surface area contributed by atoms with Gasteiger partial charge >= 0.3 is 15.9 Å². The third-order valence-electron chi connectivity index (χ3n) is 3.94. The Bertz CT molecular complexity index is 974. The van der Waals surface area contributed by atoms with Gasteiger partial charge in [0.05, 0.1) is 11.9 Å². The number of hydrogen-bond acceptors (Lipinski definition) is 9. The SMILES string of the molecule is CC(C)P(=O)(O)OC1C[C@H](n2ncc3c(=O)[nH]c(N)nc32)O[C@@H]1O[PH](=O)O. The number of fused-ring (bicyclic) bond motifs is 1. The number of anilines is 1. The molecule has 1 aliphatic heterocycles. The zero-order valence-corrected chi connectivity index (χ0v) is 16.2. The van der Waals surface area contributed by atoms with Crippen molar-refractivity contribution in [3.8, 4) is 0 Å². The second-order valence-corrected chi connectivity index (χ2v) is 9.30. The van der Waals surface area contributed by atoms with Gasteiger partial charge in [-0.15, -0.1) is 0 Å². The van der Waals surface area contributed by atoms with Crippen molar-refractivity contribution in [3.05, 3.63) is 16.6 Å². The zero-order valence-electron chi connectivity index (χ0n) is 14.3. The molecule has 3 rings (SSSR count). The molecule has 2 aromatic rings. The first-order valence-electron chi connectivity index (χ1n) is 7.87. The summed E-state index contributed by atoms with van der Waals surface area (Å²) in [5, 5.41) is 4.19. The Morgan fingerprint density at radius 1 is 1.56 bits per heavy atom. The van der Waals surface area contributed by atoms with Crippen LogP contribution in [0.3, 0.4) is 0 Å². The molecular weight excluding hydrogens is 404 g/mol. The van der Waals surface area contributed by atoms with E-state index in [1.807, 2.05) is 0 Å². The van der Waals surface area contributed by atoms with Crippen LogP contribution in [0, 0.1) is 0 Å². The summed E-state index contributed by atoms with van der Waals surface area (Å²) in [4.78, 5) is 37.3. The quantitative estimate of drug-likeness (QED) is 0.468. The lowest BCUT2D eigenvalue weighted by molar-refractivity contribution is -0.124. The second kappa shape index (κ2) is 7.44. The first-order chi connectivity index (χ1) is 12.6. The van der Waals surface area contributed by atoms with Crippen molar-refractivity contribution in [2.45, 2.75) is 44.5 Å². The van der Waals surface area contributed by atoms with Gasteiger partial charge in [-0.25, -0.2) is 4.68 Å². The number of aromatic amines is 1. The lowest BCUT2D eigenvalue weighted by Crippen LogP contribution is -2.25. The lowest BCUT2D eigenvalue weighted by Gasteiger charge is -2.22. The number of H-pyrrole nitrogens is 1. The molecule has 0 aliphatic carbocycles. The van der Waals surface area contributed by atoms with Gasteiger partial charge in [-0.05, 0) is 0 Å². The van der Waals surface area contributed by atoms with Crippen molar-refractivity contribution in [1.82, 2.24) is 19.7 Å². The van der Waals surface area contributed by atoms with Crippen LogP contribution in [0.15, 0.2) is 11.0 Å². The van der Waals surface area contributed by atoms with Gasteiger partial charge in [0.15, 0.2) is 18.2 Å². The van der Waals surface area contributed by atoms with Gasteiger partial charge in [-0.1, -0.05) is 13.8 Å². The van der Waals surface area contributed by atoms with Crippen molar-refractivity contribution in [1.29, 1.82) is 0 Å². The number of nitrogens with one attached hydrogen (secondary N) is 1. The molecule has 3 unspecified atom stereocenters. The molecule has 150 valence electrons. The predicted octanol–water partition coefficient (Wildman–Crippen LogP) is 0.324. The minimum absolute atomic E-state index is 0.0394. The number of rotatable bonds is 6. The monoisotopic (exact) mass is 423 g/mol. The van der Waals surface area contributed by atoms with Crippen molar-refractivity contribution in [3.63, 3.8) is 0 Å². The minimum Gasteiger partial charge on any atom is -0.369 e. The van der Waals surface area contributed by atoms with E-state index in [-0.39, 0.29) is 23.4 Å². The summed E-state index contributed by atoms with van der Waals surface area (Å²) in [5.41, 5.74) is 4.47. The highest BCUT2D eigenvalue weighted by Crippen LogP contribution is 2.51. The number of hydrogen-bond donors (Lipinski definition) is 4. The molecule has 0 amide bonds. The average Bonchev–Trinajstić information content (AvgIpc) is 3.10. The van der Waals surface area contributed by atoms with Crippen LogP contribution < -0.4 is 11.3 Å². The van der Waals surface area contributed by atoms with E-state index in [0.717, 1.165) is 0 Å². The minimum atomic E-state index is -4.01. The standard InChI is InChI=1S/C12H19N5O8P2/c1-5(2)27(21,22)25-7-3-8(23-11(7)24-26(19)20)17-9-6(4-14-17)10(18)16-12(13)15-9/h4-5,7-8,11,26H,3H2,1-2H3,(H,19,20)(H,21,22)(H3,13,15,16,18)/t7?,8-,11-/m1/s1. The summed E-state index contributed by atoms with van der Waals surface area (Å²) in [6.07, 6.45) is -2.22. The lowest BCUT2D eigenvalue weighted by atomic mass is 10.3. The maximum Gasteiger partial charge on any atom is 0.331 e. The average molecular weight is 423 g/mol. The molecule has 27 heavy (non-hydrogen) atoms. The topological polar surface area (TPSA) is 192 Å². The van der Waals surface area contributed by atoms with Gasteiger partial charge in [0.25, 0.3) is 5.56 Å². The van der Waals surface area contributed by atoms with Crippen LogP contribution in [0.25, 0.3) is 11.0 Å². The van der Waals surface area contributed by atoms with Gasteiger partial charge < -0.3 is 20.3 Å². The van der Waals surface area contributed by atoms with Crippen molar-refractivity contribution < 1.29 is 32.7 Å². The Labute approximate surface area is 152 Å². The largest absolute Gasteiger partial charge is 0.369 e. The number of aromatic nitrogens is 4. The first-order valence-corrected chi connectivity index (χ1v) is 10.8. The third kappa shape index (κ3) is 4.14. The summed E-state index contributed by atoms with van der Waals surface area (Å²) in [6, 6.07) is 0. The van der Waals surface area contributed by atoms with Gasteiger partial charge in [0, 0.05) is 6.42 Å². The summed E-state index contributed by atoms with van der Waals surface area (Å²) in [6.45, 7) is 3.00. The molecule has 13 nitrogen and oxygen atoms in total. The van der Waals surface area contributed by atoms with E-state index in [2.05, 4.69) is 15.1 Å². The Morgan fingerprint density at radius 3 is 2.89 bits per heavy atom. The smallest absolute Gasteiger partial charge is 0.331 e. The normalized spacial score (nSPS) is 26.5. The maximum atomic E-state index is 12.2. The second-order valence-electron chi connectivity index (χ2n) is 6.16. The van der Waals surface area contributed by atoms with Gasteiger partial charge in [0.1, 0.15) is 11.5 Å². The van der Waals surface area contributed by atoms with E-state index in [0.29, 0.717) is 0 Å². The summed E-state index contributed by atoms with van der Waals surface area (Å²) in [5.74, 6) is -0.132. The van der Waals surface area contributed by atoms with Crippen LogP contribution >= 0.6 is 15.9 Å². The molecule has 0 bridgehead atoms. The van der Waals surface area contributed by atoms with E-state index < -0.39 is 45.7 Å². The molecule has 0 saturated carbocycles. The number of ether oxygens (including phenoxy) is 1. The Kier molecular flexibility index (Phi) is 5.55. The molecule has 0 aromatic carbocycles. The maximum absolute atomic E-state index is 12.2. The third-order valence-corrected chi connectivity index (χ3v) is 6.25. The molecule has 3 heterocycles. The summed E-state index contributed by atoms with van der Waals surface area (Å²) >= 11 is 0. The Morgan fingerprint density at radius 2 is 2.26 bits per heavy atom. The molecule has 0 radical (unpaired) electrons. The van der Waals surface area contributed by atoms with Crippen LogP contribution in [0.4, 0.5) is 5.95 Å². The highest BCUT2D eigenvalue weighted by Gasteiger charge is 2.44. The van der Waals surface area contributed by atoms with E-state index in [4.69, 9.17) is 24.4 Å². The van der Waals surface area contributed by atoms with Crippen LogP contribution in [0.1, 0.15) is 26.5 Å². The fraction of sp³-hybridized carbons (Fsp3) is 0.583. The Hall–Kier alpha value is -1.59. The zero-order chi connectivity index (χ0) is 19.9. The summed E-state index contributed by atoms with van der Waals surface area (Å²) in [7, 11) is -7.43. The number of nitrogens with two attached hydrogens (primary N) is 1. The van der Waals surface area contributed by atoms with Crippen LogP contribution in [0.5, 0.6) is 0 Å². The molecule has 15 heteroatoms. The molecule has 5 N–H and O–H groups in total. The van der Waals surface area contributed by atoms with E-state index in [1.54, 1.807) is 0 Å². The fourth-order valence-electron chi connectivity index (χ4n) is 2.54. The van der Waals surface area contributed by atoms with Crippen LogP contribution in [0.2, 0.25) is 0 Å². The summed E-state index contributed by atoms with van der Waals surface area (Å²) < 4.78 is 40.1. The van der Waals surface area contributed by atoms with Crippen LogP contribution in [-0.4, -0.2) is 47.6 Å². The molecule has 0 spiro atoms. The van der Waals surface area contributed by atoms with E-state index >= 15 is 0 Å². The highest BCUT2D eigenvalue weighted by molar-refractivity contribution is 7.53. The number of nitrogen functional groups attached to an aromatic ring is 1. The molecule has 1 fully saturated rings. The van der Waals surface area contributed by atoms with Crippen molar-refractivity contribution in [2.24, 2.45) is 0 Å². The molecule has 2 aromatic heterocycles. The number of nitrogens with zero attached hydrogens (tertiary/aromatic N) is 3. The molecular formula is C12H19N5O8P2. The molecule has 1 saturated heterocycles. The fourth-order valence-corrected chi connectivity index (χ4v) is 3.76. The molecule has 1 aliphatic rings. The van der Waals surface area contributed by atoms with Gasteiger partial charge in [-0.2, -0.15) is 10.1 Å². The van der Waals surface area contributed by atoms with Gasteiger partial charge in [-0.3, -0.25) is 28.0 Å².